The fourth-order valence-corrected chi connectivity index (χ4v) is 3.39. The smallest absolute Gasteiger partial charge is 0.191 e. The van der Waals surface area contributed by atoms with Crippen molar-refractivity contribution in [3.8, 4) is 0 Å². The summed E-state index contributed by atoms with van der Waals surface area (Å²) < 4.78 is 0. The molecule has 0 bridgehead atoms. The number of hydrogen-bond donors (Lipinski definition) is 2. The van der Waals surface area contributed by atoms with Gasteiger partial charge in [-0.05, 0) is 58.1 Å². The van der Waals surface area contributed by atoms with Gasteiger partial charge in [0.1, 0.15) is 0 Å². The van der Waals surface area contributed by atoms with Gasteiger partial charge in [-0.15, -0.1) is 0 Å². The average Bonchev–Trinajstić information content (AvgIpc) is 2.56. The summed E-state index contributed by atoms with van der Waals surface area (Å²) in [5, 5.41) is 7.05. The maximum Gasteiger partial charge on any atom is 0.191 e. The van der Waals surface area contributed by atoms with Crippen molar-refractivity contribution in [3.63, 3.8) is 0 Å². The lowest BCUT2D eigenvalue weighted by molar-refractivity contribution is 0.167. The van der Waals surface area contributed by atoms with Crippen molar-refractivity contribution in [3.05, 3.63) is 34.9 Å². The van der Waals surface area contributed by atoms with E-state index in [4.69, 9.17) is 0 Å². The van der Waals surface area contributed by atoms with Crippen molar-refractivity contribution in [1.82, 2.24) is 15.5 Å². The van der Waals surface area contributed by atoms with Gasteiger partial charge in [-0.2, -0.15) is 0 Å². The Bertz CT molecular complexity index is 543. The lowest BCUT2D eigenvalue weighted by atomic mass is 10.0. The highest BCUT2D eigenvalue weighted by atomic mass is 15.2. The molecular weight excluding hydrogens is 296 g/mol. The molecule has 1 aliphatic rings. The number of aliphatic imine (C=N–C) groups is 1. The number of benzene rings is 1. The molecule has 2 N–H and O–H groups in total. The van der Waals surface area contributed by atoms with Crippen LogP contribution < -0.4 is 10.6 Å². The molecule has 0 aromatic heterocycles. The topological polar surface area (TPSA) is 39.7 Å². The SMILES string of the molecule is CN=C(NCCc1ccc(C)cc1C)NC1CCN(C(C)C)CC1. The zero-order valence-electron chi connectivity index (χ0n) is 16.0. The van der Waals surface area contributed by atoms with Crippen LogP contribution in [0.25, 0.3) is 0 Å². The van der Waals surface area contributed by atoms with E-state index in [0.29, 0.717) is 12.1 Å². The van der Waals surface area contributed by atoms with Crippen molar-refractivity contribution in [2.45, 2.75) is 59.0 Å². The number of rotatable bonds is 5. The van der Waals surface area contributed by atoms with E-state index in [2.05, 4.69) is 66.4 Å². The van der Waals surface area contributed by atoms with Crippen LogP contribution in [0.2, 0.25) is 0 Å². The van der Waals surface area contributed by atoms with E-state index in [-0.39, 0.29) is 0 Å². The molecule has 4 nitrogen and oxygen atoms in total. The number of nitrogens with one attached hydrogen (secondary N) is 2. The van der Waals surface area contributed by atoms with E-state index in [9.17, 15) is 0 Å². The quantitative estimate of drug-likeness (QED) is 0.644. The normalized spacial score (nSPS) is 17.3. The second-order valence-electron chi connectivity index (χ2n) is 7.23. The Balaban J connectivity index is 1.75. The fraction of sp³-hybridized carbons (Fsp3) is 0.650. The van der Waals surface area contributed by atoms with Gasteiger partial charge in [-0.3, -0.25) is 4.99 Å². The maximum atomic E-state index is 4.38. The van der Waals surface area contributed by atoms with Crippen molar-refractivity contribution in [2.24, 2.45) is 4.99 Å². The molecule has 24 heavy (non-hydrogen) atoms. The number of guanidine groups is 1. The Morgan fingerprint density at radius 2 is 1.96 bits per heavy atom. The van der Waals surface area contributed by atoms with E-state index in [1.54, 1.807) is 0 Å². The third-order valence-electron chi connectivity index (χ3n) is 5.01. The van der Waals surface area contributed by atoms with Crippen LogP contribution in [-0.4, -0.2) is 49.6 Å². The predicted molar refractivity (Wildman–Crippen MR) is 104 cm³/mol. The summed E-state index contributed by atoms with van der Waals surface area (Å²) >= 11 is 0. The zero-order valence-corrected chi connectivity index (χ0v) is 16.0. The summed E-state index contributed by atoms with van der Waals surface area (Å²) in [5.74, 6) is 0.933. The van der Waals surface area contributed by atoms with Gasteiger partial charge >= 0.3 is 0 Å². The molecule has 134 valence electrons. The van der Waals surface area contributed by atoms with E-state index in [1.807, 2.05) is 7.05 Å². The van der Waals surface area contributed by atoms with Gasteiger partial charge in [0.2, 0.25) is 0 Å². The number of aryl methyl sites for hydroxylation is 2. The molecule has 1 fully saturated rings. The fourth-order valence-electron chi connectivity index (χ4n) is 3.39. The lowest BCUT2D eigenvalue weighted by Crippen LogP contribution is -2.50. The van der Waals surface area contributed by atoms with Crippen LogP contribution in [0.4, 0.5) is 0 Å². The van der Waals surface area contributed by atoms with Crippen LogP contribution in [0, 0.1) is 13.8 Å². The first kappa shape index (κ1) is 18.8. The lowest BCUT2D eigenvalue weighted by Gasteiger charge is -2.35. The second-order valence-corrected chi connectivity index (χ2v) is 7.23. The highest BCUT2D eigenvalue weighted by molar-refractivity contribution is 5.79. The van der Waals surface area contributed by atoms with E-state index in [0.717, 1.165) is 18.9 Å². The Kier molecular flexibility index (Phi) is 7.10. The monoisotopic (exact) mass is 330 g/mol. The zero-order chi connectivity index (χ0) is 17.5. The average molecular weight is 331 g/mol. The Labute approximate surface area is 147 Å². The van der Waals surface area contributed by atoms with E-state index >= 15 is 0 Å². The maximum absolute atomic E-state index is 4.38. The number of piperidine rings is 1. The summed E-state index contributed by atoms with van der Waals surface area (Å²) in [7, 11) is 1.86. The van der Waals surface area contributed by atoms with Gasteiger partial charge < -0.3 is 15.5 Å². The van der Waals surface area contributed by atoms with Crippen LogP contribution in [0.3, 0.4) is 0 Å². The molecule has 1 aliphatic heterocycles. The molecule has 1 saturated heterocycles. The number of hydrogen-bond acceptors (Lipinski definition) is 2. The first-order valence-electron chi connectivity index (χ1n) is 9.27. The minimum Gasteiger partial charge on any atom is -0.356 e. The minimum atomic E-state index is 0.535. The van der Waals surface area contributed by atoms with Crippen molar-refractivity contribution >= 4 is 5.96 Å². The predicted octanol–water partition coefficient (Wildman–Crippen LogP) is 2.88. The summed E-state index contributed by atoms with van der Waals surface area (Å²) in [5.41, 5.74) is 4.11. The summed E-state index contributed by atoms with van der Waals surface area (Å²) in [6.07, 6.45) is 3.41. The van der Waals surface area contributed by atoms with Gasteiger partial charge in [0.25, 0.3) is 0 Å². The summed E-state index contributed by atoms with van der Waals surface area (Å²) in [6.45, 7) is 12.2. The molecule has 0 aliphatic carbocycles. The molecule has 1 aromatic rings. The van der Waals surface area contributed by atoms with Crippen LogP contribution in [0.1, 0.15) is 43.4 Å². The first-order valence-corrected chi connectivity index (χ1v) is 9.27. The minimum absolute atomic E-state index is 0.535. The molecule has 0 saturated carbocycles. The molecule has 0 radical (unpaired) electrons. The van der Waals surface area contributed by atoms with Crippen LogP contribution in [0.5, 0.6) is 0 Å². The van der Waals surface area contributed by atoms with Crippen LogP contribution in [0.15, 0.2) is 23.2 Å². The molecule has 0 amide bonds. The largest absolute Gasteiger partial charge is 0.356 e. The van der Waals surface area contributed by atoms with Gasteiger partial charge in [-0.25, -0.2) is 0 Å². The highest BCUT2D eigenvalue weighted by Gasteiger charge is 2.21. The molecule has 1 heterocycles. The molecule has 4 heteroatoms. The van der Waals surface area contributed by atoms with Crippen LogP contribution >= 0.6 is 0 Å². The van der Waals surface area contributed by atoms with Crippen molar-refractivity contribution < 1.29 is 0 Å². The van der Waals surface area contributed by atoms with Crippen molar-refractivity contribution in [2.75, 3.05) is 26.7 Å². The van der Waals surface area contributed by atoms with Gasteiger partial charge in [0.15, 0.2) is 5.96 Å². The third kappa shape index (κ3) is 5.52. The molecular formula is C20H34N4. The molecule has 2 rings (SSSR count). The highest BCUT2D eigenvalue weighted by Crippen LogP contribution is 2.13. The van der Waals surface area contributed by atoms with E-state index < -0.39 is 0 Å². The summed E-state index contributed by atoms with van der Waals surface area (Å²) in [6, 6.07) is 7.88. The molecule has 0 spiro atoms. The summed E-state index contributed by atoms with van der Waals surface area (Å²) in [4.78, 5) is 6.93. The molecule has 0 atom stereocenters. The standard InChI is InChI=1S/C20H34N4/c1-15(2)24-12-9-19(10-13-24)23-20(21-5)22-11-8-18-7-6-16(3)14-17(18)4/h6-7,14-15,19H,8-13H2,1-5H3,(H2,21,22,23). The third-order valence-corrected chi connectivity index (χ3v) is 5.01. The first-order chi connectivity index (χ1) is 11.5. The van der Waals surface area contributed by atoms with Gasteiger partial charge in [0.05, 0.1) is 0 Å². The Morgan fingerprint density at radius 3 is 2.54 bits per heavy atom. The molecule has 1 aromatic carbocycles. The van der Waals surface area contributed by atoms with Crippen LogP contribution in [-0.2, 0) is 6.42 Å². The van der Waals surface area contributed by atoms with Gasteiger partial charge in [0, 0.05) is 38.8 Å². The molecule has 0 unspecified atom stereocenters. The Morgan fingerprint density at radius 1 is 1.25 bits per heavy atom. The number of likely N-dealkylation sites (tertiary alicyclic amines) is 1. The van der Waals surface area contributed by atoms with Crippen molar-refractivity contribution in [1.29, 1.82) is 0 Å². The van der Waals surface area contributed by atoms with E-state index in [1.165, 1.54) is 42.6 Å². The number of nitrogens with zero attached hydrogens (tertiary/aromatic N) is 2. The van der Waals surface area contributed by atoms with Gasteiger partial charge in [-0.1, -0.05) is 23.8 Å². The second kappa shape index (κ2) is 9.07. The Hall–Kier alpha value is -1.55.